The lowest BCUT2D eigenvalue weighted by Gasteiger charge is -2.31. The minimum Gasteiger partial charge on any atom is -0.381 e. The van der Waals surface area contributed by atoms with E-state index in [0.29, 0.717) is 31.1 Å². The third-order valence-electron chi connectivity index (χ3n) is 4.02. The number of rotatable bonds is 2. The van der Waals surface area contributed by atoms with Crippen LogP contribution in [0.5, 0.6) is 0 Å². The zero-order valence-electron chi connectivity index (χ0n) is 11.6. The van der Waals surface area contributed by atoms with E-state index in [4.69, 9.17) is 9.57 Å². The number of ether oxygens (including phenoxy) is 1. The van der Waals surface area contributed by atoms with Gasteiger partial charge in [-0.1, -0.05) is 17.2 Å². The number of hydroxylamine groups is 2. The van der Waals surface area contributed by atoms with Gasteiger partial charge < -0.3 is 9.57 Å². The van der Waals surface area contributed by atoms with Crippen molar-refractivity contribution in [1.29, 1.82) is 0 Å². The maximum Gasteiger partial charge on any atom is 0.339 e. The molecule has 6 heteroatoms. The van der Waals surface area contributed by atoms with Crippen LogP contribution in [0.15, 0.2) is 24.3 Å². The molecule has 6 nitrogen and oxygen atoms in total. The Morgan fingerprint density at radius 1 is 1.14 bits per heavy atom. The van der Waals surface area contributed by atoms with Crippen LogP contribution in [0.4, 0.5) is 0 Å². The van der Waals surface area contributed by atoms with E-state index in [1.54, 1.807) is 31.2 Å². The molecule has 1 saturated heterocycles. The summed E-state index contributed by atoms with van der Waals surface area (Å²) >= 11 is 0. The van der Waals surface area contributed by atoms with Gasteiger partial charge in [0.25, 0.3) is 11.8 Å². The number of nitrogens with zero attached hydrogens (tertiary/aromatic N) is 1. The minimum atomic E-state index is -0.729. The molecule has 1 aromatic carbocycles. The Kier molecular flexibility index (Phi) is 3.25. The number of benzene rings is 1. The van der Waals surface area contributed by atoms with E-state index >= 15 is 0 Å². The summed E-state index contributed by atoms with van der Waals surface area (Å²) in [6.07, 6.45) is 1.02. The maximum absolute atomic E-state index is 12.3. The third kappa shape index (κ3) is 2.21. The third-order valence-corrected chi connectivity index (χ3v) is 4.02. The fraction of sp³-hybridized carbons (Fsp3) is 0.400. The van der Waals surface area contributed by atoms with Crippen molar-refractivity contribution < 1.29 is 24.0 Å². The predicted molar refractivity (Wildman–Crippen MR) is 71.2 cm³/mol. The molecular formula is C15H15NO5. The summed E-state index contributed by atoms with van der Waals surface area (Å²) in [5, 5.41) is 0.563. The molecule has 0 unspecified atom stereocenters. The SMILES string of the molecule is CC1(C(=O)ON2C(=O)c3ccccc3C2=O)CCOCC1. The largest absolute Gasteiger partial charge is 0.381 e. The lowest BCUT2D eigenvalue weighted by atomic mass is 9.83. The molecule has 110 valence electrons. The molecule has 2 aliphatic heterocycles. The maximum atomic E-state index is 12.3. The molecule has 0 spiro atoms. The molecule has 2 aliphatic rings. The summed E-state index contributed by atoms with van der Waals surface area (Å²) in [6.45, 7) is 2.69. The van der Waals surface area contributed by atoms with Crippen molar-refractivity contribution in [2.75, 3.05) is 13.2 Å². The second kappa shape index (κ2) is 4.96. The van der Waals surface area contributed by atoms with E-state index in [-0.39, 0.29) is 11.1 Å². The van der Waals surface area contributed by atoms with Crippen molar-refractivity contribution in [1.82, 2.24) is 5.06 Å². The van der Waals surface area contributed by atoms with Crippen LogP contribution in [0.25, 0.3) is 0 Å². The van der Waals surface area contributed by atoms with Crippen LogP contribution in [0, 0.1) is 5.41 Å². The van der Waals surface area contributed by atoms with E-state index in [1.165, 1.54) is 0 Å². The Morgan fingerprint density at radius 3 is 2.19 bits per heavy atom. The molecule has 0 radical (unpaired) electrons. The molecule has 0 bridgehead atoms. The van der Waals surface area contributed by atoms with Gasteiger partial charge in [0.05, 0.1) is 16.5 Å². The zero-order chi connectivity index (χ0) is 15.0. The first-order valence-corrected chi connectivity index (χ1v) is 6.81. The molecule has 2 heterocycles. The monoisotopic (exact) mass is 289 g/mol. The molecule has 21 heavy (non-hydrogen) atoms. The van der Waals surface area contributed by atoms with Crippen molar-refractivity contribution in [3.63, 3.8) is 0 Å². The highest BCUT2D eigenvalue weighted by atomic mass is 16.7. The van der Waals surface area contributed by atoms with Gasteiger partial charge in [-0.25, -0.2) is 4.79 Å². The van der Waals surface area contributed by atoms with E-state index in [2.05, 4.69) is 0 Å². The number of imide groups is 1. The van der Waals surface area contributed by atoms with Gasteiger partial charge in [-0.2, -0.15) is 0 Å². The van der Waals surface area contributed by atoms with Gasteiger partial charge in [-0.3, -0.25) is 9.59 Å². The highest BCUT2D eigenvalue weighted by Crippen LogP contribution is 2.33. The van der Waals surface area contributed by atoms with E-state index in [9.17, 15) is 14.4 Å². The minimum absolute atomic E-state index is 0.257. The van der Waals surface area contributed by atoms with Gasteiger partial charge >= 0.3 is 5.97 Å². The molecule has 0 aliphatic carbocycles. The van der Waals surface area contributed by atoms with E-state index < -0.39 is 23.2 Å². The lowest BCUT2D eigenvalue weighted by molar-refractivity contribution is -0.185. The van der Waals surface area contributed by atoms with Crippen LogP contribution >= 0.6 is 0 Å². The van der Waals surface area contributed by atoms with Gasteiger partial charge in [0.1, 0.15) is 0 Å². The van der Waals surface area contributed by atoms with Crippen LogP contribution in [0.1, 0.15) is 40.5 Å². The van der Waals surface area contributed by atoms with Crippen molar-refractivity contribution >= 4 is 17.8 Å². The summed E-state index contributed by atoms with van der Waals surface area (Å²) in [5.41, 5.74) is -0.215. The van der Waals surface area contributed by atoms with Crippen molar-refractivity contribution in [3.8, 4) is 0 Å². The first-order chi connectivity index (χ1) is 10.0. The normalized spacial score (nSPS) is 20.3. The molecule has 1 fully saturated rings. The molecule has 1 aromatic rings. The Hall–Kier alpha value is -2.21. The Bertz CT molecular complexity index is 583. The molecule has 2 amide bonds. The molecule has 0 saturated carbocycles. The van der Waals surface area contributed by atoms with Crippen LogP contribution < -0.4 is 0 Å². The Morgan fingerprint density at radius 2 is 1.67 bits per heavy atom. The summed E-state index contributed by atoms with van der Waals surface area (Å²) in [5.74, 6) is -1.76. The quantitative estimate of drug-likeness (QED) is 0.772. The first-order valence-electron chi connectivity index (χ1n) is 6.81. The number of fused-ring (bicyclic) bond motifs is 1. The van der Waals surface area contributed by atoms with Crippen molar-refractivity contribution in [3.05, 3.63) is 35.4 Å². The van der Waals surface area contributed by atoms with E-state index in [1.807, 2.05) is 0 Å². The van der Waals surface area contributed by atoms with Gasteiger partial charge in [0.2, 0.25) is 0 Å². The summed E-state index contributed by atoms with van der Waals surface area (Å²) in [6, 6.07) is 6.41. The molecule has 0 atom stereocenters. The first kappa shape index (κ1) is 13.8. The smallest absolute Gasteiger partial charge is 0.339 e. The number of amides is 2. The van der Waals surface area contributed by atoms with Gasteiger partial charge in [-0.05, 0) is 31.9 Å². The number of carbonyl (C=O) groups excluding carboxylic acids is 3. The second-order valence-corrected chi connectivity index (χ2v) is 5.50. The van der Waals surface area contributed by atoms with Gasteiger partial charge in [0.15, 0.2) is 0 Å². The van der Waals surface area contributed by atoms with Crippen LogP contribution in [-0.2, 0) is 14.4 Å². The Labute approximate surface area is 121 Å². The molecule has 0 N–H and O–H groups in total. The average Bonchev–Trinajstić information content (AvgIpc) is 2.74. The number of hydrogen-bond acceptors (Lipinski definition) is 5. The molecule has 0 aromatic heterocycles. The average molecular weight is 289 g/mol. The molecular weight excluding hydrogens is 274 g/mol. The summed E-state index contributed by atoms with van der Waals surface area (Å²) < 4.78 is 5.22. The topological polar surface area (TPSA) is 72.9 Å². The molecule has 3 rings (SSSR count). The van der Waals surface area contributed by atoms with Crippen LogP contribution in [0.2, 0.25) is 0 Å². The summed E-state index contributed by atoms with van der Waals surface area (Å²) in [4.78, 5) is 41.7. The summed E-state index contributed by atoms with van der Waals surface area (Å²) in [7, 11) is 0. The fourth-order valence-corrected chi connectivity index (χ4v) is 2.47. The standard InChI is InChI=1S/C15H15NO5/c1-15(6-8-20-9-7-15)14(19)21-16-12(17)10-4-2-3-5-11(10)13(16)18/h2-5H,6-9H2,1H3. The zero-order valence-corrected chi connectivity index (χ0v) is 11.6. The van der Waals surface area contributed by atoms with Crippen LogP contribution in [0.3, 0.4) is 0 Å². The van der Waals surface area contributed by atoms with E-state index in [0.717, 1.165) is 0 Å². The second-order valence-electron chi connectivity index (χ2n) is 5.50. The van der Waals surface area contributed by atoms with Crippen molar-refractivity contribution in [2.45, 2.75) is 19.8 Å². The van der Waals surface area contributed by atoms with Gasteiger partial charge in [0, 0.05) is 13.2 Å². The lowest BCUT2D eigenvalue weighted by Crippen LogP contribution is -2.42. The number of hydrogen-bond donors (Lipinski definition) is 0. The van der Waals surface area contributed by atoms with Crippen LogP contribution in [-0.4, -0.2) is 36.1 Å². The fourth-order valence-electron chi connectivity index (χ4n) is 2.47. The number of carbonyl (C=O) groups is 3. The predicted octanol–water partition coefficient (Wildman–Crippen LogP) is 1.56. The van der Waals surface area contributed by atoms with Gasteiger partial charge in [-0.15, -0.1) is 0 Å². The Balaban J connectivity index is 1.79. The highest BCUT2D eigenvalue weighted by molar-refractivity contribution is 6.20. The van der Waals surface area contributed by atoms with Crippen molar-refractivity contribution in [2.24, 2.45) is 5.41 Å². The highest BCUT2D eigenvalue weighted by Gasteiger charge is 2.43.